The summed E-state index contributed by atoms with van der Waals surface area (Å²) in [6, 6.07) is 16.1. The van der Waals surface area contributed by atoms with Gasteiger partial charge in [0.2, 0.25) is 5.91 Å². The van der Waals surface area contributed by atoms with Crippen molar-refractivity contribution in [2.24, 2.45) is 0 Å². The molecule has 0 unspecified atom stereocenters. The molecule has 1 aromatic heterocycles. The van der Waals surface area contributed by atoms with Crippen molar-refractivity contribution < 1.29 is 4.79 Å². The van der Waals surface area contributed by atoms with E-state index < -0.39 is 0 Å². The molecule has 0 bridgehead atoms. The number of amides is 1. The molecule has 1 fully saturated rings. The molecule has 1 heterocycles. The van der Waals surface area contributed by atoms with Gasteiger partial charge in [-0.1, -0.05) is 85.6 Å². The van der Waals surface area contributed by atoms with Crippen LogP contribution in [0.3, 0.4) is 0 Å². The Bertz CT molecular complexity index is 1390. The summed E-state index contributed by atoms with van der Waals surface area (Å²) in [6.07, 6.45) is 6.42. The van der Waals surface area contributed by atoms with Gasteiger partial charge in [-0.15, -0.1) is 0 Å². The fourth-order valence-electron chi connectivity index (χ4n) is 5.77. The number of thioether (sulfide) groups is 1. The van der Waals surface area contributed by atoms with E-state index in [0.29, 0.717) is 11.7 Å². The number of hydrogen-bond donors (Lipinski definition) is 1. The van der Waals surface area contributed by atoms with E-state index >= 15 is 0 Å². The zero-order valence-corrected chi connectivity index (χ0v) is 21.9. The van der Waals surface area contributed by atoms with Crippen LogP contribution >= 0.6 is 11.8 Å². The van der Waals surface area contributed by atoms with Crippen molar-refractivity contribution in [1.82, 2.24) is 9.55 Å². The van der Waals surface area contributed by atoms with Crippen LogP contribution in [0.5, 0.6) is 0 Å². The number of anilines is 1. The lowest BCUT2D eigenvalue weighted by Crippen LogP contribution is -2.43. The molecule has 1 spiro atoms. The number of fused-ring (bicyclic) bond motifs is 4. The normalized spacial score (nSPS) is 15.7. The van der Waals surface area contributed by atoms with Crippen molar-refractivity contribution in [3.05, 3.63) is 87.7 Å². The summed E-state index contributed by atoms with van der Waals surface area (Å²) in [5.74, 6) is 0.0509. The first-order valence-corrected chi connectivity index (χ1v) is 13.7. The van der Waals surface area contributed by atoms with Crippen LogP contribution in [0.25, 0.3) is 11.3 Å². The molecule has 1 saturated carbocycles. The van der Waals surface area contributed by atoms with Crippen LogP contribution in [0.1, 0.15) is 55.7 Å². The molecule has 1 N–H and O–H groups in total. The average Bonchev–Trinajstić information content (AvgIpc) is 2.86. The smallest absolute Gasteiger partial charge is 0.258 e. The second-order valence-electron chi connectivity index (χ2n) is 10.3. The van der Waals surface area contributed by atoms with E-state index in [-0.39, 0.29) is 22.6 Å². The lowest BCUT2D eigenvalue weighted by molar-refractivity contribution is -0.113. The van der Waals surface area contributed by atoms with Gasteiger partial charge >= 0.3 is 0 Å². The predicted octanol–water partition coefficient (Wildman–Crippen LogP) is 6.28. The highest BCUT2D eigenvalue weighted by molar-refractivity contribution is 7.99. The van der Waals surface area contributed by atoms with Crippen LogP contribution in [0.15, 0.2) is 70.6 Å². The van der Waals surface area contributed by atoms with Gasteiger partial charge in [0.1, 0.15) is 0 Å². The van der Waals surface area contributed by atoms with E-state index in [0.717, 1.165) is 65.7 Å². The van der Waals surface area contributed by atoms with Gasteiger partial charge in [0.05, 0.1) is 17.0 Å². The molecule has 2 aromatic carbocycles. The number of rotatable bonds is 6. The maximum Gasteiger partial charge on any atom is 0.258 e. The predicted molar refractivity (Wildman–Crippen MR) is 148 cm³/mol. The van der Waals surface area contributed by atoms with E-state index in [9.17, 15) is 9.59 Å². The standard InChI is InChI=1S/C30H33N3O2S/c1-20(2)18-33-28(35)26-27(23-13-7-6-12-22(23)17-30(26)15-9-4-10-16-30)32-29(33)36-19-25(34)31-24-14-8-5-11-21(24)3/h5-8,11-14H,1,4,9-10,15-19H2,2-3H3,(H,31,34). The molecule has 186 valence electrons. The summed E-state index contributed by atoms with van der Waals surface area (Å²) in [4.78, 5) is 32.1. The van der Waals surface area contributed by atoms with E-state index in [1.165, 1.54) is 23.7 Å². The van der Waals surface area contributed by atoms with Crippen molar-refractivity contribution in [3.63, 3.8) is 0 Å². The second kappa shape index (κ2) is 10.1. The SMILES string of the molecule is C=C(C)Cn1c(SCC(=O)Nc2ccccc2C)nc2c(c1=O)C1(CCCCC1)Cc1ccccc1-2. The monoisotopic (exact) mass is 499 g/mol. The molecule has 0 saturated heterocycles. The maximum atomic E-state index is 14.2. The number of aromatic nitrogens is 2. The van der Waals surface area contributed by atoms with Crippen LogP contribution in [0, 0.1) is 6.92 Å². The molecule has 2 aliphatic carbocycles. The summed E-state index contributed by atoms with van der Waals surface area (Å²) >= 11 is 1.32. The largest absolute Gasteiger partial charge is 0.325 e. The van der Waals surface area contributed by atoms with Crippen LogP contribution in [0.4, 0.5) is 5.69 Å². The highest BCUT2D eigenvalue weighted by Gasteiger charge is 2.43. The number of benzene rings is 2. The van der Waals surface area contributed by atoms with Gasteiger partial charge in [0, 0.05) is 23.2 Å². The van der Waals surface area contributed by atoms with Crippen LogP contribution in [-0.4, -0.2) is 21.2 Å². The van der Waals surface area contributed by atoms with Crippen molar-refractivity contribution in [2.75, 3.05) is 11.1 Å². The number of nitrogens with one attached hydrogen (secondary N) is 1. The molecular weight excluding hydrogens is 466 g/mol. The van der Waals surface area contributed by atoms with E-state index in [4.69, 9.17) is 4.98 Å². The van der Waals surface area contributed by atoms with Crippen LogP contribution in [-0.2, 0) is 23.2 Å². The molecule has 0 radical (unpaired) electrons. The highest BCUT2D eigenvalue weighted by Crippen LogP contribution is 2.48. The van der Waals surface area contributed by atoms with Crippen molar-refractivity contribution in [1.29, 1.82) is 0 Å². The topological polar surface area (TPSA) is 64.0 Å². The van der Waals surface area contributed by atoms with Crippen molar-refractivity contribution >= 4 is 23.4 Å². The van der Waals surface area contributed by atoms with Crippen molar-refractivity contribution in [3.8, 4) is 11.3 Å². The first-order chi connectivity index (χ1) is 17.4. The van der Waals surface area contributed by atoms with Gasteiger partial charge in [0.25, 0.3) is 5.56 Å². The summed E-state index contributed by atoms with van der Waals surface area (Å²) in [5.41, 5.74) is 6.57. The Morgan fingerprint density at radius 1 is 1.11 bits per heavy atom. The Balaban J connectivity index is 1.56. The zero-order valence-electron chi connectivity index (χ0n) is 21.1. The maximum absolute atomic E-state index is 14.2. The molecular formula is C30H33N3O2S. The number of aryl methyl sites for hydroxylation is 1. The first-order valence-electron chi connectivity index (χ1n) is 12.7. The zero-order chi connectivity index (χ0) is 25.3. The molecule has 6 heteroatoms. The van der Waals surface area contributed by atoms with Gasteiger partial charge in [-0.3, -0.25) is 14.2 Å². The number of carbonyl (C=O) groups excluding carboxylic acids is 1. The molecule has 3 aromatic rings. The molecule has 5 rings (SSSR count). The lowest BCUT2D eigenvalue weighted by Gasteiger charge is -2.42. The Kier molecular flexibility index (Phi) is 6.89. The Morgan fingerprint density at radius 3 is 2.58 bits per heavy atom. The van der Waals surface area contributed by atoms with Gasteiger partial charge in [-0.2, -0.15) is 0 Å². The highest BCUT2D eigenvalue weighted by atomic mass is 32.2. The van der Waals surface area contributed by atoms with Crippen LogP contribution < -0.4 is 10.9 Å². The quantitative estimate of drug-likeness (QED) is 0.246. The van der Waals surface area contributed by atoms with Crippen molar-refractivity contribution in [2.45, 2.75) is 69.5 Å². The third-order valence-electron chi connectivity index (χ3n) is 7.46. The second-order valence-corrected chi connectivity index (χ2v) is 11.2. The van der Waals surface area contributed by atoms with Gasteiger partial charge in [-0.05, 0) is 50.3 Å². The molecule has 5 nitrogen and oxygen atoms in total. The van der Waals surface area contributed by atoms with E-state index in [1.807, 2.05) is 44.2 Å². The molecule has 1 amide bonds. The van der Waals surface area contributed by atoms with E-state index in [2.05, 4.69) is 30.1 Å². The number of para-hydroxylation sites is 1. The summed E-state index contributed by atoms with van der Waals surface area (Å²) in [5, 5.41) is 3.56. The summed E-state index contributed by atoms with van der Waals surface area (Å²) in [7, 11) is 0. The molecule has 0 atom stereocenters. The van der Waals surface area contributed by atoms with Gasteiger partial charge in [0.15, 0.2) is 5.16 Å². The Hall–Kier alpha value is -3.12. The number of hydrogen-bond acceptors (Lipinski definition) is 4. The minimum atomic E-state index is -0.158. The first kappa shape index (κ1) is 24.6. The minimum Gasteiger partial charge on any atom is -0.325 e. The third kappa shape index (κ3) is 4.66. The number of allylic oxidation sites excluding steroid dienone is 1. The summed E-state index contributed by atoms with van der Waals surface area (Å²) in [6.45, 7) is 8.37. The average molecular weight is 500 g/mol. The van der Waals surface area contributed by atoms with Gasteiger partial charge < -0.3 is 5.32 Å². The molecule has 0 aliphatic heterocycles. The molecule has 36 heavy (non-hydrogen) atoms. The third-order valence-corrected chi connectivity index (χ3v) is 8.43. The molecule has 2 aliphatic rings. The number of nitrogens with zero attached hydrogens (tertiary/aromatic N) is 2. The Labute approximate surface area is 217 Å². The fourth-order valence-corrected chi connectivity index (χ4v) is 6.56. The Morgan fingerprint density at radius 2 is 1.83 bits per heavy atom. The van der Waals surface area contributed by atoms with Gasteiger partial charge in [-0.25, -0.2) is 4.98 Å². The summed E-state index contributed by atoms with van der Waals surface area (Å²) < 4.78 is 1.75. The van der Waals surface area contributed by atoms with Crippen LogP contribution in [0.2, 0.25) is 0 Å². The fraction of sp³-hybridized carbons (Fsp3) is 0.367. The minimum absolute atomic E-state index is 0.0289. The number of carbonyl (C=O) groups is 1. The lowest BCUT2D eigenvalue weighted by atomic mass is 9.62. The van der Waals surface area contributed by atoms with E-state index in [1.54, 1.807) is 4.57 Å².